The number of likely N-dealkylation sites (tertiary alicyclic amines) is 1. The molecule has 2 fully saturated rings. The molecule has 2 saturated heterocycles. The highest BCUT2D eigenvalue weighted by atomic mass is 32.2. The first kappa shape index (κ1) is 23.0. The van der Waals surface area contributed by atoms with Crippen LogP contribution in [0.5, 0.6) is 0 Å². The number of nitrogens with zero attached hydrogens (tertiary/aromatic N) is 3. The molecule has 0 unspecified atom stereocenters. The summed E-state index contributed by atoms with van der Waals surface area (Å²) in [5.41, 5.74) is 0.229. The summed E-state index contributed by atoms with van der Waals surface area (Å²) in [7, 11) is -3.72. The molecule has 1 aromatic carbocycles. The van der Waals surface area contributed by atoms with Gasteiger partial charge in [-0.05, 0) is 43.7 Å². The van der Waals surface area contributed by atoms with Crippen LogP contribution in [0, 0.1) is 16.0 Å². The Morgan fingerprint density at radius 2 is 1.73 bits per heavy atom. The maximum absolute atomic E-state index is 13.0. The molecule has 2 aliphatic rings. The van der Waals surface area contributed by atoms with E-state index in [4.69, 9.17) is 0 Å². The second-order valence-corrected chi connectivity index (χ2v) is 10.8. The van der Waals surface area contributed by atoms with Gasteiger partial charge in [0.2, 0.25) is 10.0 Å². The van der Waals surface area contributed by atoms with E-state index in [2.05, 4.69) is 24.1 Å². The molecule has 0 radical (unpaired) electrons. The van der Waals surface area contributed by atoms with Crippen molar-refractivity contribution in [3.05, 3.63) is 28.3 Å². The van der Waals surface area contributed by atoms with Gasteiger partial charge >= 0.3 is 0 Å². The van der Waals surface area contributed by atoms with Gasteiger partial charge in [0.25, 0.3) is 5.69 Å². The third-order valence-electron chi connectivity index (χ3n) is 5.94. The molecule has 0 atom stereocenters. The Morgan fingerprint density at radius 3 is 2.30 bits per heavy atom. The highest BCUT2D eigenvalue weighted by Gasteiger charge is 2.29. The second-order valence-electron chi connectivity index (χ2n) is 8.87. The summed E-state index contributed by atoms with van der Waals surface area (Å²) < 4.78 is 27.5. The maximum atomic E-state index is 13.0. The van der Waals surface area contributed by atoms with E-state index in [1.807, 2.05) is 0 Å². The van der Waals surface area contributed by atoms with Crippen molar-refractivity contribution in [3.63, 3.8) is 0 Å². The number of hydrogen-bond acceptors (Lipinski definition) is 6. The van der Waals surface area contributed by atoms with E-state index in [0.717, 1.165) is 58.2 Å². The lowest BCUT2D eigenvalue weighted by Gasteiger charge is -2.33. The van der Waals surface area contributed by atoms with Crippen LogP contribution in [0.15, 0.2) is 23.1 Å². The number of nitro groups is 1. The lowest BCUT2D eigenvalue weighted by atomic mass is 10.0. The van der Waals surface area contributed by atoms with Crippen LogP contribution in [0.4, 0.5) is 11.4 Å². The van der Waals surface area contributed by atoms with Gasteiger partial charge in [-0.1, -0.05) is 26.7 Å². The van der Waals surface area contributed by atoms with Gasteiger partial charge in [-0.15, -0.1) is 0 Å². The largest absolute Gasteiger partial charge is 0.377 e. The van der Waals surface area contributed by atoms with Gasteiger partial charge in [-0.3, -0.25) is 10.1 Å². The van der Waals surface area contributed by atoms with Crippen molar-refractivity contribution in [2.24, 2.45) is 5.92 Å². The SMILES string of the molecule is CC(C)CN1CCC(Nc2ccc(S(=O)(=O)N3CCCCCC3)cc2[N+](=O)[O-])CC1. The lowest BCUT2D eigenvalue weighted by Crippen LogP contribution is -2.40. The van der Waals surface area contributed by atoms with Gasteiger partial charge in [0.15, 0.2) is 0 Å². The number of piperidine rings is 1. The molecule has 168 valence electrons. The molecule has 0 amide bonds. The van der Waals surface area contributed by atoms with Crippen molar-refractivity contribution in [2.45, 2.75) is 63.3 Å². The number of nitrogens with one attached hydrogen (secondary N) is 1. The zero-order valence-electron chi connectivity index (χ0n) is 18.0. The summed E-state index contributed by atoms with van der Waals surface area (Å²) in [6, 6.07) is 4.43. The average Bonchev–Trinajstić information content (AvgIpc) is 2.99. The predicted molar refractivity (Wildman–Crippen MR) is 118 cm³/mol. The van der Waals surface area contributed by atoms with Crippen LogP contribution in [0.1, 0.15) is 52.4 Å². The van der Waals surface area contributed by atoms with Crippen molar-refractivity contribution < 1.29 is 13.3 Å². The molecular formula is C21H34N4O4S. The Kier molecular flexibility index (Phi) is 7.70. The predicted octanol–water partition coefficient (Wildman–Crippen LogP) is 3.69. The molecule has 0 bridgehead atoms. The topological polar surface area (TPSA) is 95.8 Å². The van der Waals surface area contributed by atoms with E-state index in [-0.39, 0.29) is 16.6 Å². The first-order valence-corrected chi connectivity index (χ1v) is 12.5. The number of hydrogen-bond donors (Lipinski definition) is 1. The van der Waals surface area contributed by atoms with Crippen molar-refractivity contribution in [1.82, 2.24) is 9.21 Å². The van der Waals surface area contributed by atoms with Gasteiger partial charge in [0.05, 0.1) is 9.82 Å². The summed E-state index contributed by atoms with van der Waals surface area (Å²) in [5, 5.41) is 15.0. The molecular weight excluding hydrogens is 404 g/mol. The van der Waals surface area contributed by atoms with Crippen LogP contribution in [0.3, 0.4) is 0 Å². The first-order chi connectivity index (χ1) is 14.3. The van der Waals surface area contributed by atoms with Crippen molar-refractivity contribution in [1.29, 1.82) is 0 Å². The fourth-order valence-corrected chi connectivity index (χ4v) is 5.91. The van der Waals surface area contributed by atoms with Gasteiger partial charge in [-0.2, -0.15) is 4.31 Å². The highest BCUT2D eigenvalue weighted by molar-refractivity contribution is 7.89. The van der Waals surface area contributed by atoms with Crippen LogP contribution >= 0.6 is 0 Å². The highest BCUT2D eigenvalue weighted by Crippen LogP contribution is 2.31. The van der Waals surface area contributed by atoms with Crippen LogP contribution < -0.4 is 5.32 Å². The van der Waals surface area contributed by atoms with Gasteiger partial charge in [0.1, 0.15) is 5.69 Å². The lowest BCUT2D eigenvalue weighted by molar-refractivity contribution is -0.384. The summed E-state index contributed by atoms with van der Waals surface area (Å²) in [5.74, 6) is 0.620. The molecule has 0 saturated carbocycles. The molecule has 0 aromatic heterocycles. The smallest absolute Gasteiger partial charge is 0.293 e. The Morgan fingerprint density at radius 1 is 1.10 bits per heavy atom. The van der Waals surface area contributed by atoms with E-state index in [9.17, 15) is 18.5 Å². The minimum absolute atomic E-state index is 0.00778. The minimum atomic E-state index is -3.72. The van der Waals surface area contributed by atoms with Crippen LogP contribution in [-0.4, -0.2) is 61.3 Å². The molecule has 0 spiro atoms. The summed E-state index contributed by atoms with van der Waals surface area (Å²) in [6.45, 7) is 8.35. The Hall–Kier alpha value is -1.71. The molecule has 1 aromatic rings. The van der Waals surface area contributed by atoms with Crippen molar-refractivity contribution >= 4 is 21.4 Å². The Balaban J connectivity index is 1.73. The van der Waals surface area contributed by atoms with E-state index >= 15 is 0 Å². The van der Waals surface area contributed by atoms with Crippen LogP contribution in [-0.2, 0) is 10.0 Å². The number of benzene rings is 1. The molecule has 2 aliphatic heterocycles. The van der Waals surface area contributed by atoms with E-state index in [1.165, 1.54) is 16.4 Å². The fraction of sp³-hybridized carbons (Fsp3) is 0.714. The van der Waals surface area contributed by atoms with Crippen LogP contribution in [0.2, 0.25) is 0 Å². The molecule has 2 heterocycles. The Labute approximate surface area is 179 Å². The maximum Gasteiger partial charge on any atom is 0.293 e. The summed E-state index contributed by atoms with van der Waals surface area (Å²) in [6.07, 6.45) is 5.53. The molecule has 0 aliphatic carbocycles. The van der Waals surface area contributed by atoms with E-state index < -0.39 is 14.9 Å². The quantitative estimate of drug-likeness (QED) is 0.515. The summed E-state index contributed by atoms with van der Waals surface area (Å²) in [4.78, 5) is 13.6. The third kappa shape index (κ3) is 5.70. The minimum Gasteiger partial charge on any atom is -0.377 e. The second kappa shape index (κ2) is 10.1. The molecule has 8 nitrogen and oxygen atoms in total. The van der Waals surface area contributed by atoms with Crippen molar-refractivity contribution in [2.75, 3.05) is 38.0 Å². The first-order valence-electron chi connectivity index (χ1n) is 11.0. The molecule has 1 N–H and O–H groups in total. The number of rotatable bonds is 7. The fourth-order valence-electron chi connectivity index (χ4n) is 4.37. The zero-order chi connectivity index (χ0) is 21.7. The summed E-state index contributed by atoms with van der Waals surface area (Å²) >= 11 is 0. The Bertz CT molecular complexity index is 827. The standard InChI is InChI=1S/C21H34N4O4S/c1-17(2)16-23-13-9-18(10-14-23)22-20-8-7-19(15-21(20)25(26)27)30(28,29)24-11-5-3-4-6-12-24/h7-8,15,17-18,22H,3-6,9-14,16H2,1-2H3. The number of anilines is 1. The van der Waals surface area contributed by atoms with Crippen LogP contribution in [0.25, 0.3) is 0 Å². The number of sulfonamides is 1. The molecule has 3 rings (SSSR count). The van der Waals surface area contributed by atoms with Gasteiger partial charge in [-0.25, -0.2) is 8.42 Å². The van der Waals surface area contributed by atoms with E-state index in [1.54, 1.807) is 6.07 Å². The zero-order valence-corrected chi connectivity index (χ0v) is 18.9. The van der Waals surface area contributed by atoms with Crippen molar-refractivity contribution in [3.8, 4) is 0 Å². The normalized spacial score (nSPS) is 20.2. The van der Waals surface area contributed by atoms with Gasteiger partial charge in [0, 0.05) is 44.8 Å². The third-order valence-corrected chi connectivity index (χ3v) is 7.83. The molecule has 9 heteroatoms. The van der Waals surface area contributed by atoms with Gasteiger partial charge < -0.3 is 10.2 Å². The molecule has 30 heavy (non-hydrogen) atoms. The monoisotopic (exact) mass is 438 g/mol. The number of nitro benzene ring substituents is 1. The van der Waals surface area contributed by atoms with E-state index in [0.29, 0.717) is 24.7 Å². The average molecular weight is 439 g/mol.